The van der Waals surface area contributed by atoms with Gasteiger partial charge in [0.05, 0.1) is 23.3 Å². The van der Waals surface area contributed by atoms with Crippen LogP contribution in [-0.4, -0.2) is 28.7 Å². The molecule has 7 nitrogen and oxygen atoms in total. The number of anilines is 1. The number of nitrogens with zero attached hydrogens (tertiary/aromatic N) is 1. The van der Waals surface area contributed by atoms with Gasteiger partial charge in [-0.3, -0.25) is 10.1 Å². The van der Waals surface area contributed by atoms with Crippen LogP contribution in [0.25, 0.3) is 0 Å². The number of benzene rings is 1. The first-order chi connectivity index (χ1) is 9.38. The third kappa shape index (κ3) is 4.17. The number of nitrogens with one attached hydrogen (secondary N) is 2. The van der Waals surface area contributed by atoms with Crippen molar-refractivity contribution in [2.45, 2.75) is 26.3 Å². The standard InChI is InChI=1S/C12H16BrN3O4/c1-3-8(6-17)14-12(18)15-10-5-11(16(19)20)7(2)4-9(10)13/h4-5,8,17H,3,6H2,1-2H3,(H2,14,15,18). The molecule has 0 aliphatic rings. The number of amides is 2. The molecular weight excluding hydrogens is 330 g/mol. The van der Waals surface area contributed by atoms with Gasteiger partial charge in [-0.1, -0.05) is 6.92 Å². The summed E-state index contributed by atoms with van der Waals surface area (Å²) in [5, 5.41) is 25.0. The quantitative estimate of drug-likeness (QED) is 0.563. The van der Waals surface area contributed by atoms with Crippen molar-refractivity contribution in [1.82, 2.24) is 5.32 Å². The van der Waals surface area contributed by atoms with E-state index in [0.29, 0.717) is 22.1 Å². The summed E-state index contributed by atoms with van der Waals surface area (Å²) < 4.78 is 0.549. The van der Waals surface area contributed by atoms with Crippen LogP contribution in [0, 0.1) is 17.0 Å². The largest absolute Gasteiger partial charge is 0.394 e. The van der Waals surface area contributed by atoms with E-state index in [0.717, 1.165) is 0 Å². The number of urea groups is 1. The summed E-state index contributed by atoms with van der Waals surface area (Å²) in [6.45, 7) is 3.28. The average Bonchev–Trinajstić information content (AvgIpc) is 2.38. The zero-order valence-electron chi connectivity index (χ0n) is 11.1. The number of rotatable bonds is 5. The number of halogens is 1. The molecule has 0 aliphatic heterocycles. The van der Waals surface area contributed by atoms with Gasteiger partial charge >= 0.3 is 6.03 Å². The number of aryl methyl sites for hydroxylation is 1. The Morgan fingerprint density at radius 3 is 2.70 bits per heavy atom. The van der Waals surface area contributed by atoms with E-state index in [1.165, 1.54) is 6.07 Å². The van der Waals surface area contributed by atoms with E-state index in [1.807, 2.05) is 6.92 Å². The minimum absolute atomic E-state index is 0.0716. The first-order valence-electron chi connectivity index (χ1n) is 6.02. The lowest BCUT2D eigenvalue weighted by molar-refractivity contribution is -0.385. The highest BCUT2D eigenvalue weighted by molar-refractivity contribution is 9.10. The van der Waals surface area contributed by atoms with E-state index in [4.69, 9.17) is 5.11 Å². The maximum atomic E-state index is 11.7. The van der Waals surface area contributed by atoms with Crippen molar-refractivity contribution in [3.63, 3.8) is 0 Å². The highest BCUT2D eigenvalue weighted by atomic mass is 79.9. The van der Waals surface area contributed by atoms with Gasteiger partial charge in [0, 0.05) is 16.1 Å². The van der Waals surface area contributed by atoms with Crippen LogP contribution in [0.3, 0.4) is 0 Å². The van der Waals surface area contributed by atoms with Gasteiger partial charge < -0.3 is 15.7 Å². The summed E-state index contributed by atoms with van der Waals surface area (Å²) in [7, 11) is 0. The molecule has 3 N–H and O–H groups in total. The summed E-state index contributed by atoms with van der Waals surface area (Å²) in [6.07, 6.45) is 0.582. The molecule has 0 saturated carbocycles. The lowest BCUT2D eigenvalue weighted by Gasteiger charge is -2.15. The summed E-state index contributed by atoms with van der Waals surface area (Å²) in [4.78, 5) is 22.1. The van der Waals surface area contributed by atoms with Crippen LogP contribution in [-0.2, 0) is 0 Å². The van der Waals surface area contributed by atoms with Gasteiger partial charge in [0.2, 0.25) is 0 Å². The number of aliphatic hydroxyl groups excluding tert-OH is 1. The fourth-order valence-electron chi connectivity index (χ4n) is 1.57. The molecule has 0 aromatic heterocycles. The van der Waals surface area contributed by atoms with Crippen molar-refractivity contribution in [1.29, 1.82) is 0 Å². The van der Waals surface area contributed by atoms with Crippen molar-refractivity contribution >= 4 is 33.3 Å². The summed E-state index contributed by atoms with van der Waals surface area (Å²) >= 11 is 3.24. The molecule has 0 saturated heterocycles. The van der Waals surface area contributed by atoms with Gasteiger partial charge in [0.25, 0.3) is 5.69 Å². The predicted molar refractivity (Wildman–Crippen MR) is 78.9 cm³/mol. The Bertz CT molecular complexity index is 518. The predicted octanol–water partition coefficient (Wildman–Crippen LogP) is 2.56. The Morgan fingerprint density at radius 1 is 1.55 bits per heavy atom. The van der Waals surface area contributed by atoms with Crippen LogP contribution in [0.2, 0.25) is 0 Å². The van der Waals surface area contributed by atoms with Crippen LogP contribution >= 0.6 is 15.9 Å². The zero-order valence-corrected chi connectivity index (χ0v) is 12.7. The Labute approximate surface area is 124 Å². The number of aliphatic hydroxyl groups is 1. The molecule has 0 spiro atoms. The van der Waals surface area contributed by atoms with E-state index in [1.54, 1.807) is 13.0 Å². The summed E-state index contributed by atoms with van der Waals surface area (Å²) in [5.41, 5.74) is 0.722. The van der Waals surface area contributed by atoms with E-state index < -0.39 is 11.0 Å². The molecule has 0 fully saturated rings. The maximum Gasteiger partial charge on any atom is 0.319 e. The molecule has 110 valence electrons. The van der Waals surface area contributed by atoms with E-state index in [9.17, 15) is 14.9 Å². The van der Waals surface area contributed by atoms with Crippen molar-refractivity contribution in [3.8, 4) is 0 Å². The molecule has 20 heavy (non-hydrogen) atoms. The molecule has 0 bridgehead atoms. The van der Waals surface area contributed by atoms with Gasteiger partial charge in [0.15, 0.2) is 0 Å². The molecule has 0 aliphatic carbocycles. The molecule has 1 unspecified atom stereocenters. The molecule has 0 radical (unpaired) electrons. The molecule has 0 heterocycles. The van der Waals surface area contributed by atoms with Gasteiger partial charge in [-0.15, -0.1) is 0 Å². The monoisotopic (exact) mass is 345 g/mol. The smallest absolute Gasteiger partial charge is 0.319 e. The van der Waals surface area contributed by atoms with E-state index >= 15 is 0 Å². The fraction of sp³-hybridized carbons (Fsp3) is 0.417. The first-order valence-corrected chi connectivity index (χ1v) is 6.81. The molecule has 1 rings (SSSR count). The Balaban J connectivity index is 2.89. The van der Waals surface area contributed by atoms with Gasteiger partial charge in [0.1, 0.15) is 0 Å². The fourth-order valence-corrected chi connectivity index (χ4v) is 2.13. The second kappa shape index (κ2) is 7.20. The zero-order chi connectivity index (χ0) is 15.3. The van der Waals surface area contributed by atoms with Crippen LogP contribution in [0.5, 0.6) is 0 Å². The topological polar surface area (TPSA) is 104 Å². The number of nitro benzene ring substituents is 1. The third-order valence-electron chi connectivity index (χ3n) is 2.78. The molecule has 1 atom stereocenters. The Hall–Kier alpha value is -1.67. The number of hydrogen-bond donors (Lipinski definition) is 3. The van der Waals surface area contributed by atoms with Gasteiger partial charge in [-0.25, -0.2) is 4.79 Å². The second-order valence-electron chi connectivity index (χ2n) is 4.26. The number of nitro groups is 1. The molecule has 1 aromatic rings. The lowest BCUT2D eigenvalue weighted by atomic mass is 10.2. The summed E-state index contributed by atoms with van der Waals surface area (Å²) in [6, 6.07) is 1.98. The van der Waals surface area contributed by atoms with Crippen molar-refractivity contribution in [2.75, 3.05) is 11.9 Å². The Kier molecular flexibility index (Phi) is 5.90. The van der Waals surface area contributed by atoms with Crippen molar-refractivity contribution in [3.05, 3.63) is 32.3 Å². The van der Waals surface area contributed by atoms with Crippen LogP contribution in [0.1, 0.15) is 18.9 Å². The second-order valence-corrected chi connectivity index (χ2v) is 5.12. The SMILES string of the molecule is CCC(CO)NC(=O)Nc1cc([N+](=O)[O-])c(C)cc1Br. The lowest BCUT2D eigenvalue weighted by Crippen LogP contribution is -2.39. The van der Waals surface area contributed by atoms with Crippen LogP contribution in [0.4, 0.5) is 16.2 Å². The minimum Gasteiger partial charge on any atom is -0.394 e. The minimum atomic E-state index is -0.523. The molecular formula is C12H16BrN3O4. The number of carbonyl (C=O) groups is 1. The van der Waals surface area contributed by atoms with Crippen molar-refractivity contribution < 1.29 is 14.8 Å². The normalized spacial score (nSPS) is 11.8. The van der Waals surface area contributed by atoms with E-state index in [-0.39, 0.29) is 18.3 Å². The van der Waals surface area contributed by atoms with Gasteiger partial charge in [-0.2, -0.15) is 0 Å². The van der Waals surface area contributed by atoms with Crippen LogP contribution in [0.15, 0.2) is 16.6 Å². The molecule has 2 amide bonds. The highest BCUT2D eigenvalue weighted by Gasteiger charge is 2.16. The molecule has 8 heteroatoms. The third-order valence-corrected chi connectivity index (χ3v) is 3.43. The maximum absolute atomic E-state index is 11.7. The molecule has 1 aromatic carbocycles. The highest BCUT2D eigenvalue weighted by Crippen LogP contribution is 2.30. The number of hydrogen-bond acceptors (Lipinski definition) is 4. The Morgan fingerprint density at radius 2 is 2.20 bits per heavy atom. The summed E-state index contributed by atoms with van der Waals surface area (Å²) in [5.74, 6) is 0. The van der Waals surface area contributed by atoms with Crippen molar-refractivity contribution in [2.24, 2.45) is 0 Å². The number of carbonyl (C=O) groups excluding carboxylic acids is 1. The van der Waals surface area contributed by atoms with Crippen LogP contribution < -0.4 is 10.6 Å². The van der Waals surface area contributed by atoms with E-state index in [2.05, 4.69) is 26.6 Å². The van der Waals surface area contributed by atoms with Gasteiger partial charge in [-0.05, 0) is 35.3 Å². The first kappa shape index (κ1) is 16.4. The average molecular weight is 346 g/mol.